The number of nitrogens with one attached hydrogen (secondary N) is 1. The summed E-state index contributed by atoms with van der Waals surface area (Å²) in [6, 6.07) is 12.0. The molecule has 2 aromatic carbocycles. The maximum absolute atomic E-state index is 12.3. The van der Waals surface area contributed by atoms with Gasteiger partial charge in [0.25, 0.3) is 5.91 Å². The minimum Gasteiger partial charge on any atom is -0.350 e. The normalized spacial score (nSPS) is 12.6. The summed E-state index contributed by atoms with van der Waals surface area (Å²) in [5.74, 6) is -0.00826. The lowest BCUT2D eigenvalue weighted by molar-refractivity contribution is 0.0937. The predicted molar refractivity (Wildman–Crippen MR) is 91.7 cm³/mol. The Morgan fingerprint density at radius 3 is 2.57 bits per heavy atom. The highest BCUT2D eigenvalue weighted by Crippen LogP contribution is 2.21. The second-order valence-electron chi connectivity index (χ2n) is 5.67. The molecule has 0 radical (unpaired) electrons. The number of benzene rings is 2. The lowest BCUT2D eigenvalue weighted by atomic mass is 10.1. The Labute approximate surface area is 134 Å². The molecule has 4 heteroatoms. The summed E-state index contributed by atoms with van der Waals surface area (Å²) in [6.45, 7) is 3.01. The molecule has 0 aliphatic rings. The summed E-state index contributed by atoms with van der Waals surface area (Å²) in [4.78, 5) is 14.4. The average molecular weight is 349 g/mol. The quantitative estimate of drug-likeness (QED) is 0.893. The molecule has 0 saturated carbocycles. The van der Waals surface area contributed by atoms with Crippen LogP contribution in [-0.4, -0.2) is 37.5 Å². The van der Waals surface area contributed by atoms with Crippen LogP contribution in [0.1, 0.15) is 23.7 Å². The fourth-order valence-corrected chi connectivity index (χ4v) is 2.57. The molecule has 0 heterocycles. The lowest BCUT2D eigenvalue weighted by Crippen LogP contribution is -2.34. The van der Waals surface area contributed by atoms with Crippen LogP contribution in [0.25, 0.3) is 10.8 Å². The molecule has 0 aliphatic carbocycles. The maximum atomic E-state index is 12.3. The van der Waals surface area contributed by atoms with Crippen LogP contribution in [0.2, 0.25) is 0 Å². The molecule has 2 rings (SSSR count). The third-order valence-electron chi connectivity index (χ3n) is 3.45. The summed E-state index contributed by atoms with van der Waals surface area (Å²) < 4.78 is 1.05. The number of hydrogen-bond donors (Lipinski definition) is 1. The van der Waals surface area contributed by atoms with E-state index in [1.807, 2.05) is 51.4 Å². The van der Waals surface area contributed by atoms with Crippen molar-refractivity contribution in [3.63, 3.8) is 0 Å². The maximum Gasteiger partial charge on any atom is 0.251 e. The van der Waals surface area contributed by atoms with Gasteiger partial charge in [0.1, 0.15) is 0 Å². The van der Waals surface area contributed by atoms with E-state index in [1.54, 1.807) is 0 Å². The van der Waals surface area contributed by atoms with E-state index >= 15 is 0 Å². The van der Waals surface area contributed by atoms with Gasteiger partial charge < -0.3 is 10.2 Å². The van der Waals surface area contributed by atoms with E-state index in [4.69, 9.17) is 0 Å². The zero-order valence-corrected chi connectivity index (χ0v) is 14.3. The second-order valence-corrected chi connectivity index (χ2v) is 6.59. The first-order chi connectivity index (χ1) is 9.95. The first-order valence-electron chi connectivity index (χ1n) is 7.10. The van der Waals surface area contributed by atoms with Gasteiger partial charge in [-0.05, 0) is 69.0 Å². The molecular weight excluding hydrogens is 328 g/mol. The standard InChI is InChI=1S/C17H21BrN2O/c1-12(8-9-20(2)3)19-17(21)15-5-4-14-11-16(18)7-6-13(14)10-15/h4-7,10-12H,8-9H2,1-3H3,(H,19,21). The van der Waals surface area contributed by atoms with Crippen LogP contribution >= 0.6 is 15.9 Å². The zero-order chi connectivity index (χ0) is 15.4. The van der Waals surface area contributed by atoms with E-state index in [9.17, 15) is 4.79 Å². The Hall–Kier alpha value is -1.39. The molecule has 112 valence electrons. The molecule has 0 saturated heterocycles. The Morgan fingerprint density at radius 2 is 1.86 bits per heavy atom. The van der Waals surface area contributed by atoms with Crippen molar-refractivity contribution in [2.45, 2.75) is 19.4 Å². The lowest BCUT2D eigenvalue weighted by Gasteiger charge is -2.17. The van der Waals surface area contributed by atoms with Gasteiger partial charge in [-0.3, -0.25) is 4.79 Å². The Balaban J connectivity index is 2.07. The van der Waals surface area contributed by atoms with Gasteiger partial charge in [-0.2, -0.15) is 0 Å². The van der Waals surface area contributed by atoms with E-state index in [0.29, 0.717) is 5.56 Å². The molecule has 1 unspecified atom stereocenters. The molecule has 1 amide bonds. The molecular formula is C17H21BrN2O. The van der Waals surface area contributed by atoms with E-state index in [-0.39, 0.29) is 11.9 Å². The number of rotatable bonds is 5. The van der Waals surface area contributed by atoms with Crippen LogP contribution in [-0.2, 0) is 0 Å². The van der Waals surface area contributed by atoms with Gasteiger partial charge in [-0.25, -0.2) is 0 Å². The van der Waals surface area contributed by atoms with Gasteiger partial charge in [0.05, 0.1) is 0 Å². The van der Waals surface area contributed by atoms with E-state index < -0.39 is 0 Å². The largest absolute Gasteiger partial charge is 0.350 e. The summed E-state index contributed by atoms with van der Waals surface area (Å²) in [5, 5.41) is 5.25. The van der Waals surface area contributed by atoms with Crippen LogP contribution in [0, 0.1) is 0 Å². The van der Waals surface area contributed by atoms with Crippen LogP contribution in [0.15, 0.2) is 40.9 Å². The van der Waals surface area contributed by atoms with Crippen molar-refractivity contribution >= 4 is 32.6 Å². The molecule has 0 aromatic heterocycles. The van der Waals surface area contributed by atoms with E-state index in [0.717, 1.165) is 28.2 Å². The van der Waals surface area contributed by atoms with Crippen LogP contribution < -0.4 is 5.32 Å². The van der Waals surface area contributed by atoms with Crippen molar-refractivity contribution in [3.05, 3.63) is 46.4 Å². The number of carbonyl (C=O) groups excluding carboxylic acids is 1. The van der Waals surface area contributed by atoms with Gasteiger partial charge in [0.15, 0.2) is 0 Å². The molecule has 0 fully saturated rings. The number of halogens is 1. The van der Waals surface area contributed by atoms with Crippen LogP contribution in [0.3, 0.4) is 0 Å². The number of amides is 1. The highest BCUT2D eigenvalue weighted by molar-refractivity contribution is 9.10. The summed E-state index contributed by atoms with van der Waals surface area (Å²) >= 11 is 3.46. The summed E-state index contributed by atoms with van der Waals surface area (Å²) in [7, 11) is 4.08. The minimum atomic E-state index is -0.00826. The molecule has 0 bridgehead atoms. The van der Waals surface area contributed by atoms with Gasteiger partial charge in [0.2, 0.25) is 0 Å². The molecule has 1 atom stereocenters. The van der Waals surface area contributed by atoms with Crippen molar-refractivity contribution in [2.24, 2.45) is 0 Å². The monoisotopic (exact) mass is 348 g/mol. The minimum absolute atomic E-state index is 0.00826. The Morgan fingerprint density at radius 1 is 1.19 bits per heavy atom. The Bertz CT molecular complexity index is 640. The Kier molecular flexibility index (Phi) is 5.37. The van der Waals surface area contributed by atoms with Crippen molar-refractivity contribution in [1.29, 1.82) is 0 Å². The fraction of sp³-hybridized carbons (Fsp3) is 0.353. The van der Waals surface area contributed by atoms with Gasteiger partial charge >= 0.3 is 0 Å². The van der Waals surface area contributed by atoms with Crippen molar-refractivity contribution in [2.75, 3.05) is 20.6 Å². The third-order valence-corrected chi connectivity index (χ3v) is 3.94. The SMILES string of the molecule is CC(CCN(C)C)NC(=O)c1ccc2cc(Br)ccc2c1. The molecule has 2 aromatic rings. The number of carbonyl (C=O) groups is 1. The molecule has 0 spiro atoms. The molecule has 3 nitrogen and oxygen atoms in total. The molecule has 21 heavy (non-hydrogen) atoms. The topological polar surface area (TPSA) is 32.3 Å². The summed E-state index contributed by atoms with van der Waals surface area (Å²) in [5.41, 5.74) is 0.710. The molecule has 1 N–H and O–H groups in total. The highest BCUT2D eigenvalue weighted by atomic mass is 79.9. The van der Waals surface area contributed by atoms with Gasteiger partial charge in [-0.15, -0.1) is 0 Å². The first kappa shape index (κ1) is 16.0. The predicted octanol–water partition coefficient (Wildman–Crippen LogP) is 3.67. The van der Waals surface area contributed by atoms with Crippen molar-refractivity contribution in [3.8, 4) is 0 Å². The van der Waals surface area contributed by atoms with Crippen molar-refractivity contribution < 1.29 is 4.79 Å². The van der Waals surface area contributed by atoms with Gasteiger partial charge in [-0.1, -0.05) is 28.1 Å². The average Bonchev–Trinajstić information content (AvgIpc) is 2.44. The van der Waals surface area contributed by atoms with Crippen LogP contribution in [0.4, 0.5) is 0 Å². The zero-order valence-electron chi connectivity index (χ0n) is 12.7. The fourth-order valence-electron chi connectivity index (χ4n) is 2.19. The molecule has 0 aliphatic heterocycles. The highest BCUT2D eigenvalue weighted by Gasteiger charge is 2.10. The number of nitrogens with zero attached hydrogens (tertiary/aromatic N) is 1. The van der Waals surface area contributed by atoms with Crippen molar-refractivity contribution in [1.82, 2.24) is 10.2 Å². The third kappa shape index (κ3) is 4.55. The van der Waals surface area contributed by atoms with E-state index in [2.05, 4.69) is 32.2 Å². The summed E-state index contributed by atoms with van der Waals surface area (Å²) in [6.07, 6.45) is 0.944. The second kappa shape index (κ2) is 7.05. The first-order valence-corrected chi connectivity index (χ1v) is 7.90. The smallest absolute Gasteiger partial charge is 0.251 e. The van der Waals surface area contributed by atoms with Gasteiger partial charge in [0, 0.05) is 16.1 Å². The van der Waals surface area contributed by atoms with Crippen LogP contribution in [0.5, 0.6) is 0 Å². The van der Waals surface area contributed by atoms with E-state index in [1.165, 1.54) is 0 Å². The number of fused-ring (bicyclic) bond motifs is 1. The number of hydrogen-bond acceptors (Lipinski definition) is 2.